The van der Waals surface area contributed by atoms with Crippen molar-refractivity contribution in [3.63, 3.8) is 0 Å². The Morgan fingerprint density at radius 2 is 2.22 bits per heavy atom. The quantitative estimate of drug-likeness (QED) is 0.329. The van der Waals surface area contributed by atoms with Gasteiger partial charge in [-0.05, 0) is 38.1 Å². The van der Waals surface area contributed by atoms with Crippen molar-refractivity contribution in [1.29, 1.82) is 0 Å². The van der Waals surface area contributed by atoms with E-state index in [1.807, 2.05) is 12.1 Å². The number of guanidine groups is 1. The second kappa shape index (κ2) is 12.8. The third-order valence-corrected chi connectivity index (χ3v) is 4.95. The van der Waals surface area contributed by atoms with E-state index in [9.17, 15) is 0 Å². The van der Waals surface area contributed by atoms with Gasteiger partial charge in [0.15, 0.2) is 5.96 Å². The fraction of sp³-hybridized carbons (Fsp3) is 0.750. The monoisotopic (exact) mass is 380 g/mol. The Balaban J connectivity index is 1.66. The van der Waals surface area contributed by atoms with Crippen molar-refractivity contribution in [1.82, 2.24) is 15.5 Å². The van der Waals surface area contributed by atoms with Crippen LogP contribution in [0, 0.1) is 5.92 Å². The van der Waals surface area contributed by atoms with E-state index in [1.165, 1.54) is 0 Å². The summed E-state index contributed by atoms with van der Waals surface area (Å²) >= 11 is 0. The first kappa shape index (κ1) is 21.7. The van der Waals surface area contributed by atoms with E-state index in [4.69, 9.17) is 13.9 Å². The molecule has 0 saturated carbocycles. The summed E-state index contributed by atoms with van der Waals surface area (Å²) < 4.78 is 16.7. The maximum absolute atomic E-state index is 5.74. The lowest BCUT2D eigenvalue weighted by molar-refractivity contribution is 0.0888. The molecule has 1 aliphatic rings. The van der Waals surface area contributed by atoms with Crippen LogP contribution in [0.15, 0.2) is 27.8 Å². The Labute approximate surface area is 163 Å². The first-order valence-corrected chi connectivity index (χ1v) is 10.2. The second-order valence-electron chi connectivity index (χ2n) is 6.79. The summed E-state index contributed by atoms with van der Waals surface area (Å²) in [6, 6.07) is 4.16. The van der Waals surface area contributed by atoms with E-state index in [0.29, 0.717) is 5.92 Å². The highest BCUT2D eigenvalue weighted by atomic mass is 16.5. The molecule has 0 radical (unpaired) electrons. The lowest BCUT2D eigenvalue weighted by Gasteiger charge is -2.28. The highest BCUT2D eigenvalue weighted by molar-refractivity contribution is 5.79. The fourth-order valence-electron chi connectivity index (χ4n) is 3.31. The molecule has 2 atom stereocenters. The van der Waals surface area contributed by atoms with Gasteiger partial charge < -0.3 is 24.5 Å². The van der Waals surface area contributed by atoms with Crippen molar-refractivity contribution in [2.24, 2.45) is 10.9 Å². The smallest absolute Gasteiger partial charge is 0.191 e. The predicted molar refractivity (Wildman–Crippen MR) is 108 cm³/mol. The molecule has 0 amide bonds. The molecule has 2 heterocycles. The fourth-order valence-corrected chi connectivity index (χ4v) is 3.31. The van der Waals surface area contributed by atoms with Gasteiger partial charge in [-0.3, -0.25) is 9.89 Å². The van der Waals surface area contributed by atoms with E-state index >= 15 is 0 Å². The highest BCUT2D eigenvalue weighted by Crippen LogP contribution is 2.20. The Morgan fingerprint density at radius 1 is 1.37 bits per heavy atom. The molecule has 154 valence electrons. The number of nitrogens with zero attached hydrogens (tertiary/aromatic N) is 2. The molecule has 2 rings (SSSR count). The molecule has 2 unspecified atom stereocenters. The largest absolute Gasteiger partial charge is 0.468 e. The minimum absolute atomic E-state index is 0.186. The summed E-state index contributed by atoms with van der Waals surface area (Å²) in [6.45, 7) is 11.1. The van der Waals surface area contributed by atoms with Crippen molar-refractivity contribution < 1.29 is 13.9 Å². The van der Waals surface area contributed by atoms with Crippen LogP contribution < -0.4 is 10.6 Å². The Morgan fingerprint density at radius 3 is 2.85 bits per heavy atom. The van der Waals surface area contributed by atoms with E-state index in [-0.39, 0.29) is 6.04 Å². The van der Waals surface area contributed by atoms with Gasteiger partial charge >= 0.3 is 0 Å². The molecule has 1 saturated heterocycles. The van der Waals surface area contributed by atoms with E-state index in [2.05, 4.69) is 34.4 Å². The molecule has 0 aromatic carbocycles. The van der Waals surface area contributed by atoms with Crippen molar-refractivity contribution in [2.45, 2.75) is 32.7 Å². The highest BCUT2D eigenvalue weighted by Gasteiger charge is 2.20. The zero-order valence-electron chi connectivity index (χ0n) is 17.1. The average Bonchev–Trinajstić information content (AvgIpc) is 3.40. The van der Waals surface area contributed by atoms with Crippen LogP contribution in [-0.4, -0.2) is 70.5 Å². The van der Waals surface area contributed by atoms with Crippen LogP contribution in [-0.2, 0) is 9.47 Å². The molecule has 0 bridgehead atoms. The van der Waals surface area contributed by atoms with Crippen LogP contribution in [0.4, 0.5) is 0 Å². The molecule has 1 aromatic rings. The maximum atomic E-state index is 5.74. The summed E-state index contributed by atoms with van der Waals surface area (Å²) in [5.74, 6) is 2.36. The van der Waals surface area contributed by atoms with Crippen molar-refractivity contribution in [3.8, 4) is 0 Å². The minimum atomic E-state index is 0.186. The minimum Gasteiger partial charge on any atom is -0.468 e. The van der Waals surface area contributed by atoms with Gasteiger partial charge in [-0.15, -0.1) is 0 Å². The molecule has 0 aliphatic carbocycles. The summed E-state index contributed by atoms with van der Waals surface area (Å²) in [5, 5.41) is 6.78. The van der Waals surface area contributed by atoms with Gasteiger partial charge in [-0.2, -0.15) is 0 Å². The lowest BCUT2D eigenvalue weighted by Crippen LogP contribution is -2.43. The van der Waals surface area contributed by atoms with E-state index in [0.717, 1.165) is 77.2 Å². The molecule has 7 heteroatoms. The van der Waals surface area contributed by atoms with Crippen LogP contribution in [0.25, 0.3) is 0 Å². The van der Waals surface area contributed by atoms with Crippen LogP contribution >= 0.6 is 0 Å². The molecule has 2 N–H and O–H groups in total. The standard InChI is InChI=1S/C20H36N4O3/c1-4-24(5-2)18(19-8-6-12-27-19)14-23-20(21-3)22-10-7-11-25-15-17-9-13-26-16-17/h6,8,12,17-18H,4-5,7,9-11,13-16H2,1-3H3,(H2,21,22,23). The molecular weight excluding hydrogens is 344 g/mol. The molecular formula is C20H36N4O3. The average molecular weight is 381 g/mol. The van der Waals surface area contributed by atoms with E-state index < -0.39 is 0 Å². The summed E-state index contributed by atoms with van der Waals surface area (Å²) in [5.41, 5.74) is 0. The van der Waals surface area contributed by atoms with Gasteiger partial charge in [-0.25, -0.2) is 0 Å². The zero-order valence-corrected chi connectivity index (χ0v) is 17.1. The SMILES string of the molecule is CCN(CC)C(CNC(=NC)NCCCOCC1CCOC1)c1ccco1. The van der Waals surface area contributed by atoms with Crippen LogP contribution in [0.5, 0.6) is 0 Å². The first-order valence-electron chi connectivity index (χ1n) is 10.2. The maximum Gasteiger partial charge on any atom is 0.191 e. The molecule has 7 nitrogen and oxygen atoms in total. The molecule has 1 aliphatic heterocycles. The van der Waals surface area contributed by atoms with Gasteiger partial charge in [0.05, 0.1) is 25.5 Å². The lowest BCUT2D eigenvalue weighted by atomic mass is 10.1. The number of aliphatic imine (C=N–C) groups is 1. The van der Waals surface area contributed by atoms with Gasteiger partial charge in [0, 0.05) is 39.3 Å². The number of ether oxygens (including phenoxy) is 2. The third kappa shape index (κ3) is 7.52. The van der Waals surface area contributed by atoms with Gasteiger partial charge in [0.1, 0.15) is 5.76 Å². The zero-order chi connectivity index (χ0) is 19.3. The number of hydrogen-bond acceptors (Lipinski definition) is 5. The summed E-state index contributed by atoms with van der Waals surface area (Å²) in [6.07, 6.45) is 3.81. The van der Waals surface area contributed by atoms with Crippen molar-refractivity contribution >= 4 is 5.96 Å². The van der Waals surface area contributed by atoms with Gasteiger partial charge in [0.25, 0.3) is 0 Å². The molecule has 0 spiro atoms. The second-order valence-corrected chi connectivity index (χ2v) is 6.79. The van der Waals surface area contributed by atoms with Crippen molar-refractivity contribution in [2.75, 3.05) is 59.7 Å². The van der Waals surface area contributed by atoms with E-state index in [1.54, 1.807) is 13.3 Å². The number of rotatable bonds is 12. The Kier molecular flexibility index (Phi) is 10.3. The van der Waals surface area contributed by atoms with Crippen LogP contribution in [0.1, 0.15) is 38.5 Å². The van der Waals surface area contributed by atoms with Crippen LogP contribution in [0.2, 0.25) is 0 Å². The van der Waals surface area contributed by atoms with Crippen LogP contribution in [0.3, 0.4) is 0 Å². The number of likely N-dealkylation sites (N-methyl/N-ethyl adjacent to an activating group) is 1. The number of hydrogen-bond donors (Lipinski definition) is 2. The molecule has 1 aromatic heterocycles. The van der Waals surface area contributed by atoms with Crippen molar-refractivity contribution in [3.05, 3.63) is 24.2 Å². The molecule has 27 heavy (non-hydrogen) atoms. The summed E-state index contributed by atoms with van der Waals surface area (Å²) in [4.78, 5) is 6.70. The Hall–Kier alpha value is -1.57. The van der Waals surface area contributed by atoms with Gasteiger partial charge in [0.2, 0.25) is 0 Å². The molecule has 1 fully saturated rings. The predicted octanol–water partition coefficient (Wildman–Crippen LogP) is 2.27. The topological polar surface area (TPSA) is 71.3 Å². The number of furan rings is 1. The Bertz CT molecular complexity index is 511. The van der Waals surface area contributed by atoms with Gasteiger partial charge in [-0.1, -0.05) is 13.8 Å². The summed E-state index contributed by atoms with van der Waals surface area (Å²) in [7, 11) is 1.80. The first-order chi connectivity index (χ1) is 13.3. The normalized spacial score (nSPS) is 18.8. The number of nitrogens with one attached hydrogen (secondary N) is 2. The third-order valence-electron chi connectivity index (χ3n) is 4.95.